The van der Waals surface area contributed by atoms with Crippen molar-refractivity contribution in [3.05, 3.63) is 81.4 Å². The molecule has 0 bridgehead atoms. The van der Waals surface area contributed by atoms with Gasteiger partial charge >= 0.3 is 24.3 Å². The highest BCUT2D eigenvalue weighted by molar-refractivity contribution is 6.31. The summed E-state index contributed by atoms with van der Waals surface area (Å²) in [5.41, 5.74) is -1.07. The molecule has 2 heterocycles. The van der Waals surface area contributed by atoms with E-state index in [1.54, 1.807) is 44.2 Å². The largest absolute Gasteiger partial charge is 0.478 e. The van der Waals surface area contributed by atoms with E-state index in [1.807, 2.05) is 0 Å². The lowest BCUT2D eigenvalue weighted by Crippen LogP contribution is -2.40. The molecular formula is C29H21ClF6O6. The minimum absolute atomic E-state index is 0.0294. The van der Waals surface area contributed by atoms with Gasteiger partial charge in [0.1, 0.15) is 11.5 Å². The zero-order chi connectivity index (χ0) is 31.1. The predicted octanol–water partition coefficient (Wildman–Crippen LogP) is 7.89. The first-order valence-electron chi connectivity index (χ1n) is 12.2. The highest BCUT2D eigenvalue weighted by Crippen LogP contribution is 2.43. The molecule has 0 aliphatic carbocycles. The van der Waals surface area contributed by atoms with Crippen molar-refractivity contribution in [2.24, 2.45) is 0 Å². The van der Waals surface area contributed by atoms with Crippen LogP contribution in [-0.2, 0) is 9.59 Å². The lowest BCUT2D eigenvalue weighted by atomic mass is 9.94. The zero-order valence-corrected chi connectivity index (χ0v) is 22.4. The van der Waals surface area contributed by atoms with Crippen LogP contribution in [0.4, 0.5) is 26.3 Å². The number of aliphatic carboxylic acids is 2. The van der Waals surface area contributed by atoms with Crippen molar-refractivity contribution in [2.75, 3.05) is 0 Å². The topological polar surface area (TPSA) is 93.1 Å². The number of ether oxygens (including phenoxy) is 2. The number of carboxylic acids is 2. The van der Waals surface area contributed by atoms with E-state index >= 15 is 0 Å². The van der Waals surface area contributed by atoms with Crippen molar-refractivity contribution in [1.29, 1.82) is 0 Å². The number of alkyl halides is 6. The van der Waals surface area contributed by atoms with Gasteiger partial charge in [0.2, 0.25) is 12.2 Å². The molecule has 3 aromatic carbocycles. The summed E-state index contributed by atoms with van der Waals surface area (Å²) in [6.45, 7) is 3.57. The van der Waals surface area contributed by atoms with Crippen LogP contribution < -0.4 is 9.47 Å². The van der Waals surface area contributed by atoms with E-state index < -0.39 is 47.6 Å². The van der Waals surface area contributed by atoms with Crippen LogP contribution in [0.5, 0.6) is 11.5 Å². The summed E-state index contributed by atoms with van der Waals surface area (Å²) >= 11 is 5.93. The zero-order valence-electron chi connectivity index (χ0n) is 21.7. The Morgan fingerprint density at radius 2 is 1.60 bits per heavy atom. The molecule has 2 atom stereocenters. The van der Waals surface area contributed by atoms with Crippen molar-refractivity contribution in [3.8, 4) is 11.5 Å². The molecule has 0 aromatic heterocycles. The predicted molar refractivity (Wildman–Crippen MR) is 142 cm³/mol. The van der Waals surface area contributed by atoms with Crippen molar-refractivity contribution < 1.29 is 55.6 Å². The fraction of sp³-hybridized carbons (Fsp3) is 0.241. The van der Waals surface area contributed by atoms with Crippen LogP contribution in [0.3, 0.4) is 0 Å². The first kappa shape index (κ1) is 30.8. The van der Waals surface area contributed by atoms with Gasteiger partial charge in [-0.05, 0) is 52.6 Å². The second-order valence-corrected chi connectivity index (χ2v) is 10.1. The lowest BCUT2D eigenvalue weighted by molar-refractivity contribution is -0.187. The standard InChI is InChI=1S/C15H9F3O3.C14H12ClF3O3/c16-15(17,18)11-7-10-9-4-2-1-3-8(9)5-6-12(10)21-13(11)14(19)20;1-6(2)9-5-8(15)3-7-4-10(13(19)20)12(14(16,17)18)21-11(7)9/h1-7,13H,(H,19,20);3-6,12H,1-2H3,(H,19,20). The van der Waals surface area contributed by atoms with E-state index in [0.29, 0.717) is 16.0 Å². The maximum Gasteiger partial charge on any atom is 0.430 e. The van der Waals surface area contributed by atoms with Gasteiger partial charge in [0.05, 0.1) is 11.1 Å². The smallest absolute Gasteiger partial charge is 0.430 e. The van der Waals surface area contributed by atoms with Crippen LogP contribution in [0.2, 0.25) is 5.02 Å². The summed E-state index contributed by atoms with van der Waals surface area (Å²) in [4.78, 5) is 22.1. The minimum Gasteiger partial charge on any atom is -0.478 e. The number of carboxylic acid groups (broad SMARTS) is 2. The number of hydrogen-bond donors (Lipinski definition) is 2. The molecular weight excluding hydrogens is 594 g/mol. The molecule has 0 spiro atoms. The van der Waals surface area contributed by atoms with Crippen molar-refractivity contribution in [1.82, 2.24) is 0 Å². The Morgan fingerprint density at radius 1 is 0.929 bits per heavy atom. The summed E-state index contributed by atoms with van der Waals surface area (Å²) in [6.07, 6.45) is -12.3. The molecule has 2 unspecified atom stereocenters. The van der Waals surface area contributed by atoms with Crippen LogP contribution >= 0.6 is 11.6 Å². The van der Waals surface area contributed by atoms with Crippen LogP contribution in [0, 0.1) is 0 Å². The molecule has 6 nitrogen and oxygen atoms in total. The fourth-order valence-corrected chi connectivity index (χ4v) is 4.75. The SMILES string of the molecule is CC(C)c1cc(Cl)cc2c1OC(C(F)(F)F)C(C(=O)O)=C2.O=C(O)C1Oc2ccc3ccccc3c2C=C1C(F)(F)F. The molecule has 2 aliphatic rings. The van der Waals surface area contributed by atoms with Gasteiger partial charge in [-0.3, -0.25) is 0 Å². The van der Waals surface area contributed by atoms with Gasteiger partial charge < -0.3 is 19.7 Å². The van der Waals surface area contributed by atoms with E-state index in [1.165, 1.54) is 18.2 Å². The first-order valence-corrected chi connectivity index (χ1v) is 12.6. The minimum atomic E-state index is -4.81. The van der Waals surface area contributed by atoms with Crippen LogP contribution in [0.1, 0.15) is 36.5 Å². The normalized spacial score (nSPS) is 18.0. The third-order valence-corrected chi connectivity index (χ3v) is 6.63. The number of fused-ring (bicyclic) bond motifs is 4. The van der Waals surface area contributed by atoms with Gasteiger partial charge in [-0.1, -0.05) is 55.8 Å². The summed E-state index contributed by atoms with van der Waals surface area (Å²) in [6, 6.07) is 13.0. The van der Waals surface area contributed by atoms with Crippen molar-refractivity contribution >= 4 is 46.5 Å². The molecule has 0 radical (unpaired) electrons. The summed E-state index contributed by atoms with van der Waals surface area (Å²) < 4.78 is 88.1. The van der Waals surface area contributed by atoms with Crippen LogP contribution in [-0.4, -0.2) is 46.7 Å². The summed E-state index contributed by atoms with van der Waals surface area (Å²) in [5.74, 6) is -3.30. The molecule has 42 heavy (non-hydrogen) atoms. The maximum atomic E-state index is 13.0. The van der Waals surface area contributed by atoms with Crippen molar-refractivity contribution in [2.45, 2.75) is 44.3 Å². The molecule has 3 aromatic rings. The Morgan fingerprint density at radius 3 is 2.17 bits per heavy atom. The molecule has 222 valence electrons. The Bertz CT molecular complexity index is 1620. The first-order chi connectivity index (χ1) is 19.5. The third-order valence-electron chi connectivity index (χ3n) is 6.42. The quantitative estimate of drug-likeness (QED) is 0.292. The van der Waals surface area contributed by atoms with Gasteiger partial charge in [-0.25, -0.2) is 9.59 Å². The maximum absolute atomic E-state index is 13.0. The average molecular weight is 615 g/mol. The average Bonchev–Trinajstić information content (AvgIpc) is 2.90. The Labute approximate surface area is 239 Å². The second kappa shape index (κ2) is 11.2. The van der Waals surface area contributed by atoms with Gasteiger partial charge in [0.15, 0.2) is 0 Å². The van der Waals surface area contributed by atoms with Crippen LogP contribution in [0.15, 0.2) is 59.7 Å². The lowest BCUT2D eigenvalue weighted by Gasteiger charge is -2.29. The Hall–Kier alpha value is -4.19. The number of hydrogen-bond acceptors (Lipinski definition) is 4. The molecule has 0 saturated heterocycles. The number of rotatable bonds is 3. The molecule has 0 amide bonds. The molecule has 13 heteroatoms. The monoisotopic (exact) mass is 614 g/mol. The molecule has 5 rings (SSSR count). The summed E-state index contributed by atoms with van der Waals surface area (Å²) in [5, 5.41) is 19.6. The van der Waals surface area contributed by atoms with E-state index in [9.17, 15) is 35.9 Å². The third kappa shape index (κ3) is 6.18. The fourth-order valence-electron chi connectivity index (χ4n) is 4.51. The van der Waals surface area contributed by atoms with Crippen molar-refractivity contribution in [3.63, 3.8) is 0 Å². The number of carbonyl (C=O) groups is 2. The summed E-state index contributed by atoms with van der Waals surface area (Å²) in [7, 11) is 0. The molecule has 2 aliphatic heterocycles. The van der Waals surface area contributed by atoms with Gasteiger partial charge in [0, 0.05) is 16.1 Å². The van der Waals surface area contributed by atoms with E-state index in [2.05, 4.69) is 0 Å². The molecule has 0 fully saturated rings. The van der Waals surface area contributed by atoms with E-state index in [4.69, 9.17) is 31.3 Å². The number of benzene rings is 3. The molecule has 0 saturated carbocycles. The Balaban J connectivity index is 0.000000193. The van der Waals surface area contributed by atoms with Gasteiger partial charge in [-0.2, -0.15) is 26.3 Å². The number of halogens is 7. The van der Waals surface area contributed by atoms with E-state index in [-0.39, 0.29) is 28.5 Å². The Kier molecular flexibility index (Phi) is 8.23. The second-order valence-electron chi connectivity index (χ2n) is 9.64. The van der Waals surface area contributed by atoms with E-state index in [0.717, 1.165) is 17.5 Å². The molecule has 2 N–H and O–H groups in total. The van der Waals surface area contributed by atoms with Gasteiger partial charge in [-0.15, -0.1) is 0 Å². The van der Waals surface area contributed by atoms with Crippen LogP contribution in [0.25, 0.3) is 22.9 Å². The van der Waals surface area contributed by atoms with Gasteiger partial charge in [0.25, 0.3) is 0 Å². The highest BCUT2D eigenvalue weighted by atomic mass is 35.5. The highest BCUT2D eigenvalue weighted by Gasteiger charge is 2.49.